The van der Waals surface area contributed by atoms with Crippen LogP contribution in [0.4, 0.5) is 0 Å². The van der Waals surface area contributed by atoms with Gasteiger partial charge in [-0.1, -0.05) is 17.5 Å². The Bertz CT molecular complexity index is 609. The normalized spacial score (nSPS) is 18.0. The maximum absolute atomic E-state index is 12.5. The molecule has 1 aromatic rings. The highest BCUT2D eigenvalue weighted by Crippen LogP contribution is 2.22. The van der Waals surface area contributed by atoms with Crippen molar-refractivity contribution >= 4 is 23.4 Å². The molecule has 0 bridgehead atoms. The van der Waals surface area contributed by atoms with E-state index < -0.39 is 11.9 Å². The van der Waals surface area contributed by atoms with E-state index in [1.807, 2.05) is 0 Å². The van der Waals surface area contributed by atoms with Gasteiger partial charge in [-0.05, 0) is 37.5 Å². The van der Waals surface area contributed by atoms with Crippen molar-refractivity contribution in [1.29, 1.82) is 0 Å². The van der Waals surface area contributed by atoms with Gasteiger partial charge >= 0.3 is 0 Å². The molecule has 1 saturated heterocycles. The van der Waals surface area contributed by atoms with Crippen molar-refractivity contribution in [2.45, 2.75) is 25.3 Å². The molecule has 1 heterocycles. The first kappa shape index (κ1) is 15.4. The minimum Gasteiger partial charge on any atom is -0.327 e. The fourth-order valence-electron chi connectivity index (χ4n) is 2.45. The molecular weight excluding hydrogens is 292 g/mol. The lowest BCUT2D eigenvalue weighted by Crippen LogP contribution is -2.51. The molecule has 2 N–H and O–H groups in total. The molecule has 1 fully saturated rings. The predicted octanol–water partition coefficient (Wildman–Crippen LogP) is 1.82. The molecule has 5 nitrogen and oxygen atoms in total. The molecule has 0 aliphatic carbocycles. The Morgan fingerprint density at radius 3 is 2.81 bits per heavy atom. The SMILES string of the molecule is C#Cc1ccc(C(=O)N2CCCC[C@H]2C(=O)NO)cc1Cl. The maximum atomic E-state index is 12.5. The maximum Gasteiger partial charge on any atom is 0.266 e. The van der Waals surface area contributed by atoms with Gasteiger partial charge in [0, 0.05) is 17.7 Å². The lowest BCUT2D eigenvalue weighted by molar-refractivity contribution is -0.135. The fraction of sp³-hybridized carbons (Fsp3) is 0.333. The molecule has 0 unspecified atom stereocenters. The fourth-order valence-corrected chi connectivity index (χ4v) is 2.69. The quantitative estimate of drug-likeness (QED) is 0.497. The molecular formula is C15H15ClN2O3. The van der Waals surface area contributed by atoms with Crippen molar-refractivity contribution in [2.75, 3.05) is 6.54 Å². The molecule has 1 aromatic carbocycles. The number of nitrogens with one attached hydrogen (secondary N) is 1. The van der Waals surface area contributed by atoms with Gasteiger partial charge in [0.05, 0.1) is 5.02 Å². The molecule has 6 heteroatoms. The van der Waals surface area contributed by atoms with Crippen LogP contribution in [0, 0.1) is 12.3 Å². The molecule has 110 valence electrons. The molecule has 0 radical (unpaired) electrons. The number of rotatable bonds is 2. The van der Waals surface area contributed by atoms with Crippen LogP contribution in [0.3, 0.4) is 0 Å². The van der Waals surface area contributed by atoms with E-state index >= 15 is 0 Å². The Balaban J connectivity index is 2.27. The van der Waals surface area contributed by atoms with Gasteiger partial charge in [0.25, 0.3) is 11.8 Å². The number of piperidine rings is 1. The number of likely N-dealkylation sites (tertiary alicyclic amines) is 1. The average Bonchev–Trinajstić information content (AvgIpc) is 2.53. The van der Waals surface area contributed by atoms with Crippen molar-refractivity contribution < 1.29 is 14.8 Å². The van der Waals surface area contributed by atoms with E-state index in [1.54, 1.807) is 17.6 Å². The summed E-state index contributed by atoms with van der Waals surface area (Å²) in [6.45, 7) is 0.464. The third-order valence-electron chi connectivity index (χ3n) is 3.55. The number of carbonyl (C=O) groups excluding carboxylic acids is 2. The molecule has 21 heavy (non-hydrogen) atoms. The average molecular weight is 307 g/mol. The van der Waals surface area contributed by atoms with Crippen molar-refractivity contribution in [3.05, 3.63) is 34.3 Å². The van der Waals surface area contributed by atoms with Crippen LogP contribution in [-0.2, 0) is 4.79 Å². The standard InChI is InChI=1S/C15H15ClN2O3/c1-2-10-6-7-11(9-12(10)16)15(20)18-8-4-3-5-13(18)14(19)17-21/h1,6-7,9,13,21H,3-5,8H2,(H,17,19)/t13-/m0/s1. The lowest BCUT2D eigenvalue weighted by atomic mass is 10.00. The van der Waals surface area contributed by atoms with E-state index in [2.05, 4.69) is 5.92 Å². The van der Waals surface area contributed by atoms with Crippen molar-refractivity contribution in [3.8, 4) is 12.3 Å². The zero-order valence-electron chi connectivity index (χ0n) is 11.3. The molecule has 2 amide bonds. The Morgan fingerprint density at radius 1 is 1.43 bits per heavy atom. The van der Waals surface area contributed by atoms with E-state index in [-0.39, 0.29) is 5.91 Å². The first-order valence-corrected chi connectivity index (χ1v) is 6.97. The zero-order chi connectivity index (χ0) is 15.4. The Hall–Kier alpha value is -2.03. The first-order valence-electron chi connectivity index (χ1n) is 6.59. The number of amides is 2. The summed E-state index contributed by atoms with van der Waals surface area (Å²) < 4.78 is 0. The number of nitrogens with zero attached hydrogens (tertiary/aromatic N) is 1. The van der Waals surface area contributed by atoms with Gasteiger partial charge in [0.15, 0.2) is 0 Å². The van der Waals surface area contributed by atoms with E-state index in [1.165, 1.54) is 11.0 Å². The van der Waals surface area contributed by atoms with Gasteiger partial charge in [-0.15, -0.1) is 6.42 Å². The molecule has 1 atom stereocenters. The van der Waals surface area contributed by atoms with Gasteiger partial charge in [0.2, 0.25) is 0 Å². The number of benzene rings is 1. The van der Waals surface area contributed by atoms with Crippen LogP contribution in [0.2, 0.25) is 5.02 Å². The highest BCUT2D eigenvalue weighted by molar-refractivity contribution is 6.32. The molecule has 1 aliphatic rings. The number of terminal acetylenes is 1. The van der Waals surface area contributed by atoms with Crippen molar-refractivity contribution in [3.63, 3.8) is 0 Å². The topological polar surface area (TPSA) is 69.6 Å². The highest BCUT2D eigenvalue weighted by atomic mass is 35.5. The third-order valence-corrected chi connectivity index (χ3v) is 3.86. The number of carbonyl (C=O) groups is 2. The van der Waals surface area contributed by atoms with E-state index in [4.69, 9.17) is 23.2 Å². The molecule has 0 spiro atoms. The second kappa shape index (κ2) is 6.61. The zero-order valence-corrected chi connectivity index (χ0v) is 12.1. The van der Waals surface area contributed by atoms with Crippen LogP contribution in [0.15, 0.2) is 18.2 Å². The summed E-state index contributed by atoms with van der Waals surface area (Å²) in [5.74, 6) is 1.55. The minimum atomic E-state index is -0.665. The predicted molar refractivity (Wildman–Crippen MR) is 78.0 cm³/mol. The van der Waals surface area contributed by atoms with Gasteiger partial charge in [0.1, 0.15) is 6.04 Å². The van der Waals surface area contributed by atoms with Crippen LogP contribution < -0.4 is 5.48 Å². The first-order chi connectivity index (χ1) is 10.1. The van der Waals surface area contributed by atoms with E-state index in [9.17, 15) is 9.59 Å². The van der Waals surface area contributed by atoms with Crippen molar-refractivity contribution in [1.82, 2.24) is 10.4 Å². The smallest absolute Gasteiger partial charge is 0.266 e. The monoisotopic (exact) mass is 306 g/mol. The van der Waals surface area contributed by atoms with Gasteiger partial charge < -0.3 is 4.90 Å². The van der Waals surface area contributed by atoms with Crippen LogP contribution in [0.5, 0.6) is 0 Å². The number of halogens is 1. The number of hydrogen-bond donors (Lipinski definition) is 2. The summed E-state index contributed by atoms with van der Waals surface area (Å²) in [4.78, 5) is 25.7. The second-order valence-electron chi connectivity index (χ2n) is 4.83. The number of hydroxylamine groups is 1. The molecule has 2 rings (SSSR count). The Kier molecular flexibility index (Phi) is 4.84. The second-order valence-corrected chi connectivity index (χ2v) is 5.23. The summed E-state index contributed by atoms with van der Waals surface area (Å²) in [7, 11) is 0. The molecule has 0 saturated carbocycles. The molecule has 1 aliphatic heterocycles. The summed E-state index contributed by atoms with van der Waals surface area (Å²) >= 11 is 6.01. The largest absolute Gasteiger partial charge is 0.327 e. The Labute approximate surface area is 127 Å². The molecule has 0 aromatic heterocycles. The van der Waals surface area contributed by atoms with Gasteiger partial charge in [-0.3, -0.25) is 14.8 Å². The van der Waals surface area contributed by atoms with E-state index in [0.717, 1.165) is 12.8 Å². The van der Waals surface area contributed by atoms with Crippen LogP contribution in [0.25, 0.3) is 0 Å². The summed E-state index contributed by atoms with van der Waals surface area (Å²) in [5, 5.41) is 9.11. The van der Waals surface area contributed by atoms with Gasteiger partial charge in [-0.2, -0.15) is 0 Å². The summed E-state index contributed by atoms with van der Waals surface area (Å²) in [5.41, 5.74) is 2.50. The van der Waals surface area contributed by atoms with E-state index in [0.29, 0.717) is 29.1 Å². The van der Waals surface area contributed by atoms with Crippen molar-refractivity contribution in [2.24, 2.45) is 0 Å². The third kappa shape index (κ3) is 3.18. The van der Waals surface area contributed by atoms with Gasteiger partial charge in [-0.25, -0.2) is 5.48 Å². The Morgan fingerprint density at radius 2 is 2.19 bits per heavy atom. The summed E-state index contributed by atoms with van der Waals surface area (Å²) in [6, 6.07) is 4.02. The lowest BCUT2D eigenvalue weighted by Gasteiger charge is -2.34. The van der Waals surface area contributed by atoms with Crippen LogP contribution in [-0.4, -0.2) is 34.5 Å². The highest BCUT2D eigenvalue weighted by Gasteiger charge is 2.32. The number of hydrogen-bond acceptors (Lipinski definition) is 3. The van der Waals surface area contributed by atoms with Crippen LogP contribution in [0.1, 0.15) is 35.2 Å². The minimum absolute atomic E-state index is 0.297. The van der Waals surface area contributed by atoms with Crippen LogP contribution >= 0.6 is 11.6 Å². The summed E-state index contributed by atoms with van der Waals surface area (Å²) in [6.07, 6.45) is 7.46.